The van der Waals surface area contributed by atoms with E-state index in [1.54, 1.807) is 19.9 Å². The van der Waals surface area contributed by atoms with Crippen molar-refractivity contribution in [1.29, 1.82) is 0 Å². The standard InChI is InChI=1S/C12H15NO5/c1-7-3-4-17-10(7)11(14)13-5-8(2)18-9(6-13)12(15)16/h3-4,8-9H,5-6H2,1-2H3,(H,15,16)/t8-,9?/m1/s1. The molecule has 1 unspecified atom stereocenters. The summed E-state index contributed by atoms with van der Waals surface area (Å²) in [7, 11) is 0. The molecule has 1 aromatic heterocycles. The predicted octanol–water partition coefficient (Wildman–Crippen LogP) is 0.902. The Morgan fingerprint density at radius 1 is 1.44 bits per heavy atom. The molecule has 1 aliphatic heterocycles. The molecule has 2 atom stereocenters. The maximum absolute atomic E-state index is 12.2. The van der Waals surface area contributed by atoms with E-state index in [9.17, 15) is 9.59 Å². The molecular weight excluding hydrogens is 238 g/mol. The number of hydrogen-bond donors (Lipinski definition) is 1. The van der Waals surface area contributed by atoms with Gasteiger partial charge in [0, 0.05) is 12.1 Å². The number of furan rings is 1. The molecule has 1 saturated heterocycles. The van der Waals surface area contributed by atoms with Crippen LogP contribution in [0.5, 0.6) is 0 Å². The van der Waals surface area contributed by atoms with Crippen LogP contribution in [-0.4, -0.2) is 47.2 Å². The lowest BCUT2D eigenvalue weighted by Crippen LogP contribution is -2.51. The van der Waals surface area contributed by atoms with Crippen LogP contribution in [0.1, 0.15) is 23.0 Å². The first-order valence-electron chi connectivity index (χ1n) is 5.70. The smallest absolute Gasteiger partial charge is 0.334 e. The Kier molecular flexibility index (Phi) is 3.38. The number of carboxylic acids is 1. The number of carbonyl (C=O) groups excluding carboxylic acids is 1. The molecule has 6 heteroatoms. The molecule has 0 spiro atoms. The largest absolute Gasteiger partial charge is 0.479 e. The van der Waals surface area contributed by atoms with E-state index >= 15 is 0 Å². The highest BCUT2D eigenvalue weighted by atomic mass is 16.5. The summed E-state index contributed by atoms with van der Waals surface area (Å²) in [6.07, 6.45) is 0.160. The van der Waals surface area contributed by atoms with E-state index < -0.39 is 12.1 Å². The van der Waals surface area contributed by atoms with Gasteiger partial charge in [0.1, 0.15) is 0 Å². The molecule has 0 radical (unpaired) electrons. The van der Waals surface area contributed by atoms with Gasteiger partial charge in [-0.25, -0.2) is 4.79 Å². The van der Waals surface area contributed by atoms with Crippen LogP contribution in [0.15, 0.2) is 16.7 Å². The maximum Gasteiger partial charge on any atom is 0.334 e. The molecule has 0 bridgehead atoms. The fraction of sp³-hybridized carbons (Fsp3) is 0.500. The number of morpholine rings is 1. The van der Waals surface area contributed by atoms with Crippen molar-refractivity contribution in [3.63, 3.8) is 0 Å². The van der Waals surface area contributed by atoms with Crippen molar-refractivity contribution in [3.8, 4) is 0 Å². The van der Waals surface area contributed by atoms with Crippen molar-refractivity contribution < 1.29 is 23.8 Å². The molecule has 0 aromatic carbocycles. The zero-order valence-electron chi connectivity index (χ0n) is 10.3. The van der Waals surface area contributed by atoms with E-state index in [0.29, 0.717) is 6.54 Å². The second-order valence-corrected chi connectivity index (χ2v) is 4.42. The van der Waals surface area contributed by atoms with E-state index in [1.165, 1.54) is 11.2 Å². The van der Waals surface area contributed by atoms with E-state index in [2.05, 4.69) is 0 Å². The molecule has 0 aliphatic carbocycles. The summed E-state index contributed by atoms with van der Waals surface area (Å²) in [5.74, 6) is -1.09. The maximum atomic E-state index is 12.2. The summed E-state index contributed by atoms with van der Waals surface area (Å²) >= 11 is 0. The van der Waals surface area contributed by atoms with Crippen LogP contribution >= 0.6 is 0 Å². The average Bonchev–Trinajstić information content (AvgIpc) is 2.73. The van der Waals surface area contributed by atoms with Crippen LogP contribution in [0.3, 0.4) is 0 Å². The van der Waals surface area contributed by atoms with Gasteiger partial charge in [-0.05, 0) is 19.9 Å². The molecule has 2 heterocycles. The van der Waals surface area contributed by atoms with Crippen molar-refractivity contribution in [2.24, 2.45) is 0 Å². The molecule has 18 heavy (non-hydrogen) atoms. The first-order chi connectivity index (χ1) is 8.49. The summed E-state index contributed by atoms with van der Waals surface area (Å²) in [5, 5.41) is 8.95. The zero-order chi connectivity index (χ0) is 13.3. The molecule has 1 aliphatic rings. The van der Waals surface area contributed by atoms with Crippen LogP contribution in [0.25, 0.3) is 0 Å². The highest BCUT2D eigenvalue weighted by Gasteiger charge is 2.34. The minimum Gasteiger partial charge on any atom is -0.479 e. The van der Waals surface area contributed by atoms with Crippen LogP contribution < -0.4 is 0 Å². The van der Waals surface area contributed by atoms with Crippen molar-refractivity contribution in [2.75, 3.05) is 13.1 Å². The lowest BCUT2D eigenvalue weighted by Gasteiger charge is -2.34. The van der Waals surface area contributed by atoms with Gasteiger partial charge in [0.25, 0.3) is 5.91 Å². The first kappa shape index (κ1) is 12.6. The van der Waals surface area contributed by atoms with Crippen LogP contribution in [0.4, 0.5) is 0 Å². The summed E-state index contributed by atoms with van der Waals surface area (Å²) in [6.45, 7) is 3.92. The van der Waals surface area contributed by atoms with Crippen LogP contribution in [-0.2, 0) is 9.53 Å². The molecule has 1 aromatic rings. The topological polar surface area (TPSA) is 80.0 Å². The normalized spacial score (nSPS) is 24.0. The van der Waals surface area contributed by atoms with Crippen molar-refractivity contribution in [1.82, 2.24) is 4.90 Å². The van der Waals surface area contributed by atoms with Gasteiger partial charge in [-0.3, -0.25) is 4.79 Å². The fourth-order valence-corrected chi connectivity index (χ4v) is 1.99. The minimum atomic E-state index is -1.06. The number of nitrogens with zero attached hydrogens (tertiary/aromatic N) is 1. The van der Waals surface area contributed by atoms with Gasteiger partial charge in [0.05, 0.1) is 18.9 Å². The molecule has 98 valence electrons. The molecule has 1 fully saturated rings. The van der Waals surface area contributed by atoms with Crippen molar-refractivity contribution in [3.05, 3.63) is 23.7 Å². The fourth-order valence-electron chi connectivity index (χ4n) is 1.99. The number of ether oxygens (including phenoxy) is 1. The van der Waals surface area contributed by atoms with Gasteiger partial charge in [0.2, 0.25) is 0 Å². The highest BCUT2D eigenvalue weighted by molar-refractivity contribution is 5.93. The number of carbonyl (C=O) groups is 2. The third-order valence-electron chi connectivity index (χ3n) is 2.88. The monoisotopic (exact) mass is 253 g/mol. The minimum absolute atomic E-state index is 0.0403. The molecule has 1 amide bonds. The number of rotatable bonds is 2. The van der Waals surface area contributed by atoms with Gasteiger partial charge in [-0.1, -0.05) is 0 Å². The third-order valence-corrected chi connectivity index (χ3v) is 2.88. The lowest BCUT2D eigenvalue weighted by atomic mass is 10.2. The molecule has 2 rings (SSSR count). The van der Waals surface area contributed by atoms with E-state index in [1.807, 2.05) is 0 Å². The number of aliphatic carboxylic acids is 1. The Bertz CT molecular complexity index is 467. The number of carboxylic acid groups (broad SMARTS) is 1. The van der Waals surface area contributed by atoms with Crippen molar-refractivity contribution in [2.45, 2.75) is 26.1 Å². The molecule has 6 nitrogen and oxygen atoms in total. The SMILES string of the molecule is Cc1ccoc1C(=O)N1CC(C(=O)O)O[C@H](C)C1. The lowest BCUT2D eigenvalue weighted by molar-refractivity contribution is -0.160. The average molecular weight is 253 g/mol. The highest BCUT2D eigenvalue weighted by Crippen LogP contribution is 2.17. The van der Waals surface area contributed by atoms with Gasteiger partial charge >= 0.3 is 5.97 Å². The first-order valence-corrected chi connectivity index (χ1v) is 5.70. The second kappa shape index (κ2) is 4.81. The summed E-state index contributed by atoms with van der Waals surface area (Å²) in [5.41, 5.74) is 0.742. The molecular formula is C12H15NO5. The van der Waals surface area contributed by atoms with E-state index in [4.69, 9.17) is 14.3 Å². The second-order valence-electron chi connectivity index (χ2n) is 4.42. The third kappa shape index (κ3) is 2.38. The quantitative estimate of drug-likeness (QED) is 0.847. The van der Waals surface area contributed by atoms with Gasteiger partial charge in [0.15, 0.2) is 11.9 Å². The zero-order valence-corrected chi connectivity index (χ0v) is 10.3. The van der Waals surface area contributed by atoms with Gasteiger partial charge in [-0.2, -0.15) is 0 Å². The van der Waals surface area contributed by atoms with Crippen LogP contribution in [0, 0.1) is 6.92 Å². The number of hydrogen-bond acceptors (Lipinski definition) is 4. The Morgan fingerprint density at radius 2 is 2.17 bits per heavy atom. The molecule has 1 N–H and O–H groups in total. The number of aryl methyl sites for hydroxylation is 1. The Morgan fingerprint density at radius 3 is 2.72 bits per heavy atom. The van der Waals surface area contributed by atoms with Crippen LogP contribution in [0.2, 0.25) is 0 Å². The van der Waals surface area contributed by atoms with Crippen molar-refractivity contribution >= 4 is 11.9 Å². The Balaban J connectivity index is 2.15. The van der Waals surface area contributed by atoms with E-state index in [-0.39, 0.29) is 24.3 Å². The Hall–Kier alpha value is -1.82. The number of amides is 1. The van der Waals surface area contributed by atoms with Gasteiger partial charge < -0.3 is 19.2 Å². The summed E-state index contributed by atoms with van der Waals surface area (Å²) in [4.78, 5) is 24.6. The van der Waals surface area contributed by atoms with Gasteiger partial charge in [-0.15, -0.1) is 0 Å². The molecule has 0 saturated carbocycles. The Labute approximate surface area is 104 Å². The van der Waals surface area contributed by atoms with E-state index in [0.717, 1.165) is 5.56 Å². The summed E-state index contributed by atoms with van der Waals surface area (Å²) in [6, 6.07) is 1.70. The summed E-state index contributed by atoms with van der Waals surface area (Å²) < 4.78 is 10.4. The predicted molar refractivity (Wildman–Crippen MR) is 61.3 cm³/mol.